The summed E-state index contributed by atoms with van der Waals surface area (Å²) in [6.07, 6.45) is 0.363. The Kier molecular flexibility index (Phi) is 3.45. The topological polar surface area (TPSA) is 53.2 Å². The highest BCUT2D eigenvalue weighted by molar-refractivity contribution is 6.01. The highest BCUT2D eigenvalue weighted by atomic mass is 16.2. The van der Waals surface area contributed by atoms with Crippen molar-refractivity contribution in [2.45, 2.75) is 19.9 Å². The van der Waals surface area contributed by atoms with E-state index >= 15 is 0 Å². The first kappa shape index (κ1) is 14.7. The van der Waals surface area contributed by atoms with Gasteiger partial charge < -0.3 is 9.88 Å². The molecule has 1 amide bonds. The zero-order chi connectivity index (χ0) is 16.7. The zero-order valence-corrected chi connectivity index (χ0v) is 13.5. The number of para-hydroxylation sites is 1. The molecule has 0 atom stereocenters. The van der Waals surface area contributed by atoms with Crippen LogP contribution in [-0.4, -0.2) is 28.1 Å². The maximum Gasteiger partial charge on any atom is 0.270 e. The summed E-state index contributed by atoms with van der Waals surface area (Å²) in [6.45, 7) is 2.93. The molecule has 0 bridgehead atoms. The van der Waals surface area contributed by atoms with Gasteiger partial charge in [-0.2, -0.15) is 0 Å². The van der Waals surface area contributed by atoms with Gasteiger partial charge in [-0.25, -0.2) is 0 Å². The Balaban J connectivity index is 1.69. The first-order valence-electron chi connectivity index (χ1n) is 8.12. The van der Waals surface area contributed by atoms with Crippen LogP contribution in [0.5, 0.6) is 0 Å². The number of hydrogen-bond acceptors (Lipinski definition) is 2. The monoisotopic (exact) mass is 318 g/mol. The number of amides is 1. The van der Waals surface area contributed by atoms with E-state index in [1.165, 1.54) is 0 Å². The lowest BCUT2D eigenvalue weighted by molar-refractivity contribution is 0.0736. The van der Waals surface area contributed by atoms with Gasteiger partial charge in [0.15, 0.2) is 5.78 Å². The highest BCUT2D eigenvalue weighted by Crippen LogP contribution is 2.23. The second-order valence-corrected chi connectivity index (χ2v) is 6.28. The second-order valence-electron chi connectivity index (χ2n) is 6.28. The van der Waals surface area contributed by atoms with Gasteiger partial charge in [0.05, 0.1) is 0 Å². The van der Waals surface area contributed by atoms with E-state index in [-0.39, 0.29) is 11.7 Å². The lowest BCUT2D eigenvalue weighted by Gasteiger charge is -2.19. The molecule has 120 valence electrons. The molecule has 4 rings (SSSR count). The van der Waals surface area contributed by atoms with E-state index in [1.807, 2.05) is 55.5 Å². The minimum absolute atomic E-state index is 0.0601. The van der Waals surface area contributed by atoms with Gasteiger partial charge in [0.25, 0.3) is 5.91 Å². The molecular formula is C20H18N2O2. The number of nitrogens with one attached hydrogen (secondary N) is 1. The Morgan fingerprint density at radius 1 is 1.12 bits per heavy atom. The Hall–Kier alpha value is -2.88. The van der Waals surface area contributed by atoms with E-state index in [2.05, 4.69) is 4.98 Å². The van der Waals surface area contributed by atoms with Gasteiger partial charge in [-0.15, -0.1) is 0 Å². The van der Waals surface area contributed by atoms with Crippen LogP contribution in [0.15, 0.2) is 48.5 Å². The molecule has 2 heterocycles. The number of hydrogen-bond donors (Lipinski definition) is 1. The van der Waals surface area contributed by atoms with Crippen LogP contribution in [0, 0.1) is 6.92 Å². The fourth-order valence-electron chi connectivity index (χ4n) is 3.35. The summed E-state index contributed by atoms with van der Waals surface area (Å²) in [7, 11) is 0. The Bertz CT molecular complexity index is 955. The Labute approximate surface area is 140 Å². The number of H-pyrrole nitrogens is 1. The SMILES string of the molecule is Cc1cccc2cc(C(=O)N3CCC(=O)c4ccccc4C3)[nH]c12. The summed E-state index contributed by atoms with van der Waals surface area (Å²) in [5.74, 6) is 0.0449. The number of carbonyl (C=O) groups excluding carboxylic acids is 2. The van der Waals surface area contributed by atoms with Crippen molar-refractivity contribution in [2.75, 3.05) is 6.54 Å². The van der Waals surface area contributed by atoms with Crippen molar-refractivity contribution in [1.82, 2.24) is 9.88 Å². The lowest BCUT2D eigenvalue weighted by Crippen LogP contribution is -2.31. The number of fused-ring (bicyclic) bond motifs is 2. The lowest BCUT2D eigenvalue weighted by atomic mass is 10.0. The summed E-state index contributed by atoms with van der Waals surface area (Å²) in [6, 6.07) is 15.4. The third-order valence-electron chi connectivity index (χ3n) is 4.67. The first-order valence-corrected chi connectivity index (χ1v) is 8.12. The van der Waals surface area contributed by atoms with E-state index in [1.54, 1.807) is 4.90 Å². The highest BCUT2D eigenvalue weighted by Gasteiger charge is 2.24. The minimum atomic E-state index is -0.0601. The molecule has 24 heavy (non-hydrogen) atoms. The molecule has 4 nitrogen and oxygen atoms in total. The molecule has 0 fully saturated rings. The fourth-order valence-corrected chi connectivity index (χ4v) is 3.35. The summed E-state index contributed by atoms with van der Waals surface area (Å²) >= 11 is 0. The van der Waals surface area contributed by atoms with Gasteiger partial charge in [-0.1, -0.05) is 42.5 Å². The molecule has 0 radical (unpaired) electrons. The number of benzene rings is 2. The van der Waals surface area contributed by atoms with Gasteiger partial charge in [0.2, 0.25) is 0 Å². The van der Waals surface area contributed by atoms with Crippen LogP contribution in [0.4, 0.5) is 0 Å². The molecule has 0 aliphatic carbocycles. The molecular weight excluding hydrogens is 300 g/mol. The number of Topliss-reactive ketones (excluding diaryl/α,β-unsaturated/α-hetero) is 1. The van der Waals surface area contributed by atoms with Gasteiger partial charge in [-0.05, 0) is 24.1 Å². The van der Waals surface area contributed by atoms with Crippen LogP contribution in [0.2, 0.25) is 0 Å². The molecule has 0 spiro atoms. The van der Waals surface area contributed by atoms with Crippen molar-refractivity contribution in [2.24, 2.45) is 0 Å². The molecule has 1 aromatic heterocycles. The van der Waals surface area contributed by atoms with E-state index < -0.39 is 0 Å². The van der Waals surface area contributed by atoms with Gasteiger partial charge in [-0.3, -0.25) is 9.59 Å². The minimum Gasteiger partial charge on any atom is -0.350 e. The van der Waals surface area contributed by atoms with Crippen molar-refractivity contribution < 1.29 is 9.59 Å². The predicted molar refractivity (Wildman–Crippen MR) is 93.2 cm³/mol. The van der Waals surface area contributed by atoms with E-state index in [0.717, 1.165) is 27.6 Å². The third kappa shape index (κ3) is 2.40. The normalized spacial score (nSPS) is 14.5. The molecule has 1 N–H and O–H groups in total. The smallest absolute Gasteiger partial charge is 0.270 e. The average molecular weight is 318 g/mol. The Morgan fingerprint density at radius 2 is 1.96 bits per heavy atom. The van der Waals surface area contributed by atoms with Crippen LogP contribution in [0.3, 0.4) is 0 Å². The van der Waals surface area contributed by atoms with Crippen molar-refractivity contribution in [3.63, 3.8) is 0 Å². The van der Waals surface area contributed by atoms with Crippen LogP contribution in [-0.2, 0) is 6.54 Å². The molecule has 0 saturated heterocycles. The van der Waals surface area contributed by atoms with Crippen molar-refractivity contribution in [3.8, 4) is 0 Å². The molecule has 1 aliphatic heterocycles. The van der Waals surface area contributed by atoms with Gasteiger partial charge in [0.1, 0.15) is 5.69 Å². The molecule has 0 unspecified atom stereocenters. The Morgan fingerprint density at radius 3 is 2.79 bits per heavy atom. The van der Waals surface area contributed by atoms with Crippen LogP contribution in [0.1, 0.15) is 38.4 Å². The number of ketones is 1. The number of nitrogens with zero attached hydrogens (tertiary/aromatic N) is 1. The third-order valence-corrected chi connectivity index (χ3v) is 4.67. The maximum absolute atomic E-state index is 12.9. The molecule has 1 aliphatic rings. The van der Waals surface area contributed by atoms with Crippen LogP contribution >= 0.6 is 0 Å². The molecule has 2 aromatic carbocycles. The van der Waals surface area contributed by atoms with Gasteiger partial charge >= 0.3 is 0 Å². The number of carbonyl (C=O) groups is 2. The van der Waals surface area contributed by atoms with Crippen molar-refractivity contribution in [3.05, 3.63) is 70.9 Å². The fraction of sp³-hybridized carbons (Fsp3) is 0.200. The number of rotatable bonds is 1. The van der Waals surface area contributed by atoms with E-state index in [0.29, 0.717) is 25.2 Å². The van der Waals surface area contributed by atoms with E-state index in [4.69, 9.17) is 0 Å². The van der Waals surface area contributed by atoms with Crippen molar-refractivity contribution in [1.29, 1.82) is 0 Å². The summed E-state index contributed by atoms with van der Waals surface area (Å²) < 4.78 is 0. The zero-order valence-electron chi connectivity index (χ0n) is 13.5. The predicted octanol–water partition coefficient (Wildman–Crippen LogP) is 3.71. The quantitative estimate of drug-likeness (QED) is 0.743. The number of aromatic nitrogens is 1. The largest absolute Gasteiger partial charge is 0.350 e. The average Bonchev–Trinajstić information content (AvgIpc) is 2.96. The second kappa shape index (κ2) is 5.64. The van der Waals surface area contributed by atoms with Crippen molar-refractivity contribution >= 4 is 22.6 Å². The first-order chi connectivity index (χ1) is 11.6. The molecule has 4 heteroatoms. The number of aryl methyl sites for hydroxylation is 1. The summed E-state index contributed by atoms with van der Waals surface area (Å²) in [5, 5.41) is 1.03. The maximum atomic E-state index is 12.9. The number of aromatic amines is 1. The summed E-state index contributed by atoms with van der Waals surface area (Å²) in [4.78, 5) is 30.2. The van der Waals surface area contributed by atoms with Crippen LogP contribution < -0.4 is 0 Å². The molecule has 3 aromatic rings. The molecule has 0 saturated carbocycles. The van der Waals surface area contributed by atoms with E-state index in [9.17, 15) is 9.59 Å². The van der Waals surface area contributed by atoms with Crippen LogP contribution in [0.25, 0.3) is 10.9 Å². The van der Waals surface area contributed by atoms with Gasteiger partial charge in [0, 0.05) is 36.0 Å². The summed E-state index contributed by atoms with van der Waals surface area (Å²) in [5.41, 5.74) is 4.34. The standard InChI is InChI=1S/C20H18N2O2/c1-13-5-4-7-14-11-17(21-19(13)14)20(24)22-10-9-18(23)16-8-3-2-6-15(16)12-22/h2-8,11,21H,9-10,12H2,1H3.